The molecule has 2 heterocycles. The van der Waals surface area contributed by atoms with E-state index in [9.17, 15) is 9.59 Å². The Balaban J connectivity index is 1.28. The van der Waals surface area contributed by atoms with Crippen molar-refractivity contribution in [3.05, 3.63) is 59.9 Å². The lowest BCUT2D eigenvalue weighted by atomic mass is 10.1. The third kappa shape index (κ3) is 3.94. The minimum absolute atomic E-state index is 0.0712. The van der Waals surface area contributed by atoms with Gasteiger partial charge in [-0.25, -0.2) is 4.79 Å². The largest absolute Gasteiger partial charge is 0.339 e. The number of amides is 3. The summed E-state index contributed by atoms with van der Waals surface area (Å²) in [4.78, 5) is 33.0. The molecule has 1 aliphatic carbocycles. The molecule has 2 unspecified atom stereocenters. The van der Waals surface area contributed by atoms with E-state index in [1.54, 1.807) is 11.1 Å². The number of hydrogen-bond donors (Lipinski definition) is 1. The lowest BCUT2D eigenvalue weighted by Crippen LogP contribution is -2.52. The van der Waals surface area contributed by atoms with Gasteiger partial charge < -0.3 is 15.1 Å². The Morgan fingerprint density at radius 2 is 1.85 bits per heavy atom. The Morgan fingerprint density at radius 1 is 1.07 bits per heavy atom. The molecule has 0 bridgehead atoms. The summed E-state index contributed by atoms with van der Waals surface area (Å²) >= 11 is 0. The molecule has 4 rings (SSSR count). The monoisotopic (exact) mass is 364 g/mol. The Morgan fingerprint density at radius 3 is 2.56 bits per heavy atom. The predicted molar refractivity (Wildman–Crippen MR) is 103 cm³/mol. The molecule has 2 atom stereocenters. The summed E-state index contributed by atoms with van der Waals surface area (Å²) in [6.45, 7) is 4.31. The van der Waals surface area contributed by atoms with Crippen LogP contribution in [0.1, 0.15) is 23.5 Å². The summed E-state index contributed by atoms with van der Waals surface area (Å²) < 4.78 is 0. The SMILES string of the molecule is Cc1cccc(NC(=O)N2CCN(C(=O)C3CC3c3cccnc3)CC2)c1. The first-order valence-corrected chi connectivity index (χ1v) is 9.43. The molecule has 2 aromatic rings. The van der Waals surface area contributed by atoms with Gasteiger partial charge in [0.05, 0.1) is 0 Å². The second-order valence-corrected chi connectivity index (χ2v) is 7.35. The van der Waals surface area contributed by atoms with Crippen molar-refractivity contribution in [3.8, 4) is 0 Å². The second-order valence-electron chi connectivity index (χ2n) is 7.35. The molecule has 3 amide bonds. The van der Waals surface area contributed by atoms with Gasteiger partial charge in [0, 0.05) is 50.2 Å². The standard InChI is InChI=1S/C21H24N4O2/c1-15-4-2-6-17(12-15)23-21(27)25-10-8-24(9-11-25)20(26)19-13-18(19)16-5-3-7-22-14-16/h2-7,12,14,18-19H,8-11,13H2,1H3,(H,23,27). The Kier molecular flexibility index (Phi) is 4.79. The fraction of sp³-hybridized carbons (Fsp3) is 0.381. The molecule has 0 radical (unpaired) electrons. The topological polar surface area (TPSA) is 65.5 Å². The van der Waals surface area contributed by atoms with Crippen molar-refractivity contribution in [1.82, 2.24) is 14.8 Å². The molecule has 2 aliphatic rings. The summed E-state index contributed by atoms with van der Waals surface area (Å²) in [6, 6.07) is 11.6. The zero-order chi connectivity index (χ0) is 18.8. The number of rotatable bonds is 3. The number of nitrogens with zero attached hydrogens (tertiary/aromatic N) is 3. The number of piperazine rings is 1. The number of anilines is 1. The van der Waals surface area contributed by atoms with E-state index in [4.69, 9.17) is 0 Å². The number of urea groups is 1. The van der Waals surface area contributed by atoms with Crippen LogP contribution in [0.3, 0.4) is 0 Å². The van der Waals surface area contributed by atoms with E-state index in [0.717, 1.165) is 23.2 Å². The van der Waals surface area contributed by atoms with Crippen molar-refractivity contribution in [2.45, 2.75) is 19.3 Å². The lowest BCUT2D eigenvalue weighted by molar-refractivity contribution is -0.134. The number of nitrogens with one attached hydrogen (secondary N) is 1. The molecule has 6 nitrogen and oxygen atoms in total. The maximum atomic E-state index is 12.7. The number of carbonyl (C=O) groups excluding carboxylic acids is 2. The number of hydrogen-bond acceptors (Lipinski definition) is 3. The van der Waals surface area contributed by atoms with E-state index in [1.807, 2.05) is 54.4 Å². The lowest BCUT2D eigenvalue weighted by Gasteiger charge is -2.35. The van der Waals surface area contributed by atoms with Crippen molar-refractivity contribution in [3.63, 3.8) is 0 Å². The number of benzene rings is 1. The molecular weight excluding hydrogens is 340 g/mol. The number of carbonyl (C=O) groups is 2. The highest BCUT2D eigenvalue weighted by molar-refractivity contribution is 5.90. The average molecular weight is 364 g/mol. The third-order valence-corrected chi connectivity index (χ3v) is 5.37. The smallest absolute Gasteiger partial charge is 0.321 e. The summed E-state index contributed by atoms with van der Waals surface area (Å²) in [7, 11) is 0. The quantitative estimate of drug-likeness (QED) is 0.911. The van der Waals surface area contributed by atoms with E-state index in [0.29, 0.717) is 32.1 Å². The highest BCUT2D eigenvalue weighted by Crippen LogP contribution is 2.48. The number of aromatic nitrogens is 1. The van der Waals surface area contributed by atoms with Gasteiger partial charge in [-0.1, -0.05) is 18.2 Å². The van der Waals surface area contributed by atoms with E-state index in [1.165, 1.54) is 0 Å². The molecule has 2 fully saturated rings. The maximum absolute atomic E-state index is 12.7. The molecule has 1 aromatic heterocycles. The van der Waals surface area contributed by atoms with Gasteiger partial charge in [-0.15, -0.1) is 0 Å². The minimum Gasteiger partial charge on any atom is -0.339 e. The molecular formula is C21H24N4O2. The molecule has 0 spiro atoms. The summed E-state index contributed by atoms with van der Waals surface area (Å²) in [5, 5.41) is 2.94. The molecule has 1 saturated heterocycles. The predicted octanol–water partition coefficient (Wildman–Crippen LogP) is 2.87. The van der Waals surface area contributed by atoms with E-state index in [-0.39, 0.29) is 17.9 Å². The molecule has 1 aliphatic heterocycles. The fourth-order valence-electron chi connectivity index (χ4n) is 3.72. The van der Waals surface area contributed by atoms with Crippen molar-refractivity contribution < 1.29 is 9.59 Å². The number of aryl methyl sites for hydroxylation is 1. The van der Waals surface area contributed by atoms with Crippen LogP contribution in [-0.4, -0.2) is 52.9 Å². The zero-order valence-electron chi connectivity index (χ0n) is 15.5. The van der Waals surface area contributed by atoms with Gasteiger partial charge in [0.25, 0.3) is 0 Å². The average Bonchev–Trinajstić information content (AvgIpc) is 3.49. The first-order chi connectivity index (χ1) is 13.1. The van der Waals surface area contributed by atoms with E-state index in [2.05, 4.69) is 10.3 Å². The third-order valence-electron chi connectivity index (χ3n) is 5.37. The maximum Gasteiger partial charge on any atom is 0.321 e. The molecule has 140 valence electrons. The van der Waals surface area contributed by atoms with Gasteiger partial charge in [0.1, 0.15) is 0 Å². The normalized spacial score (nSPS) is 21.7. The molecule has 1 N–H and O–H groups in total. The summed E-state index contributed by atoms with van der Waals surface area (Å²) in [6.07, 6.45) is 4.51. The van der Waals surface area contributed by atoms with Gasteiger partial charge >= 0.3 is 6.03 Å². The molecule has 6 heteroatoms. The first kappa shape index (κ1) is 17.5. The Hall–Kier alpha value is -2.89. The molecule has 27 heavy (non-hydrogen) atoms. The van der Waals surface area contributed by atoms with Crippen molar-refractivity contribution >= 4 is 17.6 Å². The van der Waals surface area contributed by atoms with Crippen LogP contribution < -0.4 is 5.32 Å². The molecule has 1 aromatic carbocycles. The van der Waals surface area contributed by atoms with Gasteiger partial charge in [-0.2, -0.15) is 0 Å². The van der Waals surface area contributed by atoms with Gasteiger partial charge in [-0.3, -0.25) is 9.78 Å². The van der Waals surface area contributed by atoms with Crippen LogP contribution in [0.15, 0.2) is 48.8 Å². The molecule has 1 saturated carbocycles. The van der Waals surface area contributed by atoms with E-state index < -0.39 is 0 Å². The van der Waals surface area contributed by atoms with Crippen LogP contribution >= 0.6 is 0 Å². The highest BCUT2D eigenvalue weighted by Gasteiger charge is 2.46. The summed E-state index contributed by atoms with van der Waals surface area (Å²) in [5.41, 5.74) is 3.05. The summed E-state index contributed by atoms with van der Waals surface area (Å²) in [5.74, 6) is 0.582. The van der Waals surface area contributed by atoms with Crippen LogP contribution in [0.5, 0.6) is 0 Å². The van der Waals surface area contributed by atoms with Crippen molar-refractivity contribution in [1.29, 1.82) is 0 Å². The van der Waals surface area contributed by atoms with Crippen molar-refractivity contribution in [2.24, 2.45) is 5.92 Å². The first-order valence-electron chi connectivity index (χ1n) is 9.43. The highest BCUT2D eigenvalue weighted by atomic mass is 16.2. The Bertz CT molecular complexity index is 831. The van der Waals surface area contributed by atoms with E-state index >= 15 is 0 Å². The van der Waals surface area contributed by atoms with Crippen LogP contribution in [0.2, 0.25) is 0 Å². The van der Waals surface area contributed by atoms with Crippen molar-refractivity contribution in [2.75, 3.05) is 31.5 Å². The van der Waals surface area contributed by atoms with Gasteiger partial charge in [-0.05, 0) is 48.6 Å². The van der Waals surface area contributed by atoms with Crippen LogP contribution in [0, 0.1) is 12.8 Å². The minimum atomic E-state index is -0.104. The van der Waals surface area contributed by atoms with Crippen LogP contribution in [0.25, 0.3) is 0 Å². The second kappa shape index (κ2) is 7.39. The fourth-order valence-corrected chi connectivity index (χ4v) is 3.72. The zero-order valence-corrected chi connectivity index (χ0v) is 15.5. The number of pyridine rings is 1. The Labute approximate surface area is 159 Å². The van der Waals surface area contributed by atoms with Crippen LogP contribution in [0.4, 0.5) is 10.5 Å². The van der Waals surface area contributed by atoms with Gasteiger partial charge in [0.15, 0.2) is 0 Å². The van der Waals surface area contributed by atoms with Crippen LogP contribution in [-0.2, 0) is 4.79 Å². The van der Waals surface area contributed by atoms with Gasteiger partial charge in [0.2, 0.25) is 5.91 Å².